The van der Waals surface area contributed by atoms with Crippen LogP contribution in [0.25, 0.3) is 0 Å². The van der Waals surface area contributed by atoms with Crippen LogP contribution in [-0.4, -0.2) is 24.8 Å². The van der Waals surface area contributed by atoms with Crippen molar-refractivity contribution >= 4 is 5.97 Å². The van der Waals surface area contributed by atoms with Crippen LogP contribution in [0.4, 0.5) is 0 Å². The van der Waals surface area contributed by atoms with Gasteiger partial charge in [-0.05, 0) is 12.8 Å². The van der Waals surface area contributed by atoms with Crippen molar-refractivity contribution < 1.29 is 14.3 Å². The van der Waals surface area contributed by atoms with E-state index in [1.165, 1.54) is 19.8 Å². The molecule has 0 aromatic rings. The highest BCUT2D eigenvalue weighted by Crippen LogP contribution is 2.40. The maximum atomic E-state index is 10.5. The minimum atomic E-state index is -0.183. The van der Waals surface area contributed by atoms with Crippen LogP contribution in [0.2, 0.25) is 0 Å². The molecule has 1 saturated carbocycles. The maximum Gasteiger partial charge on any atom is 0.302 e. The van der Waals surface area contributed by atoms with Crippen LogP contribution in [0.3, 0.4) is 0 Å². The number of epoxide rings is 1. The lowest BCUT2D eigenvalue weighted by Gasteiger charge is -2.17. The summed E-state index contributed by atoms with van der Waals surface area (Å²) in [6.07, 6.45) is 4.44. The van der Waals surface area contributed by atoms with E-state index in [-0.39, 0.29) is 5.97 Å². The molecule has 3 heteroatoms. The van der Waals surface area contributed by atoms with Gasteiger partial charge in [-0.15, -0.1) is 0 Å². The van der Waals surface area contributed by atoms with E-state index < -0.39 is 0 Å². The van der Waals surface area contributed by atoms with Gasteiger partial charge in [0.15, 0.2) is 0 Å². The number of carbonyl (C=O) groups excluding carboxylic acids is 1. The molecule has 1 saturated heterocycles. The van der Waals surface area contributed by atoms with Crippen molar-refractivity contribution in [3.05, 3.63) is 0 Å². The third kappa shape index (κ3) is 1.61. The predicted molar refractivity (Wildman–Crippen MR) is 42.6 cm³/mol. The number of hydrogen-bond acceptors (Lipinski definition) is 3. The van der Waals surface area contributed by atoms with Crippen LogP contribution in [-0.2, 0) is 14.3 Å². The van der Waals surface area contributed by atoms with Crippen molar-refractivity contribution in [3.8, 4) is 0 Å². The molecule has 1 aliphatic carbocycles. The Balaban J connectivity index is 1.76. The smallest absolute Gasteiger partial charge is 0.302 e. The average molecular weight is 170 g/mol. The normalized spacial score (nSPS) is 38.6. The van der Waals surface area contributed by atoms with Crippen LogP contribution in [0, 0.1) is 5.92 Å². The first kappa shape index (κ1) is 8.05. The molecule has 0 N–H and O–H groups in total. The van der Waals surface area contributed by atoms with Gasteiger partial charge in [-0.25, -0.2) is 0 Å². The van der Waals surface area contributed by atoms with E-state index in [0.717, 1.165) is 6.42 Å². The summed E-state index contributed by atoms with van der Waals surface area (Å²) in [7, 11) is 0. The van der Waals surface area contributed by atoms with Gasteiger partial charge in [0, 0.05) is 12.8 Å². The van der Waals surface area contributed by atoms with E-state index in [1.54, 1.807) is 0 Å². The minimum Gasteiger partial charge on any atom is -0.465 e. The van der Waals surface area contributed by atoms with Crippen molar-refractivity contribution in [1.29, 1.82) is 0 Å². The average Bonchev–Trinajstić information content (AvgIpc) is 2.78. The van der Waals surface area contributed by atoms with Crippen molar-refractivity contribution in [2.45, 2.75) is 38.4 Å². The second-order valence-corrected chi connectivity index (χ2v) is 3.63. The van der Waals surface area contributed by atoms with Gasteiger partial charge in [0.25, 0.3) is 0 Å². The SMILES string of the molecule is CC(=O)OCC1CCC[C@@H]2O[C@@H]12. The largest absolute Gasteiger partial charge is 0.465 e. The first-order valence-electron chi connectivity index (χ1n) is 4.56. The molecule has 2 fully saturated rings. The summed E-state index contributed by atoms with van der Waals surface area (Å²) in [5.74, 6) is 0.283. The van der Waals surface area contributed by atoms with Gasteiger partial charge in [-0.3, -0.25) is 4.79 Å². The van der Waals surface area contributed by atoms with Gasteiger partial charge >= 0.3 is 5.97 Å². The Bertz CT molecular complexity index is 190. The third-order valence-electron chi connectivity index (χ3n) is 2.65. The van der Waals surface area contributed by atoms with Crippen molar-refractivity contribution in [2.75, 3.05) is 6.61 Å². The zero-order valence-corrected chi connectivity index (χ0v) is 7.29. The molecule has 3 atom stereocenters. The molecule has 0 spiro atoms. The van der Waals surface area contributed by atoms with Crippen molar-refractivity contribution in [3.63, 3.8) is 0 Å². The monoisotopic (exact) mass is 170 g/mol. The lowest BCUT2D eigenvalue weighted by molar-refractivity contribution is -0.142. The lowest BCUT2D eigenvalue weighted by Crippen LogP contribution is -2.22. The summed E-state index contributed by atoms with van der Waals surface area (Å²) in [4.78, 5) is 10.5. The molecule has 0 radical (unpaired) electrons. The Hall–Kier alpha value is -0.570. The van der Waals surface area contributed by atoms with Crippen LogP contribution in [0.1, 0.15) is 26.2 Å². The van der Waals surface area contributed by atoms with Crippen LogP contribution in [0.5, 0.6) is 0 Å². The molecule has 1 unspecified atom stereocenters. The molecule has 1 aliphatic heterocycles. The molecule has 12 heavy (non-hydrogen) atoms. The Labute approximate surface area is 72.0 Å². The Kier molecular flexibility index (Phi) is 2.05. The van der Waals surface area contributed by atoms with Crippen molar-refractivity contribution in [1.82, 2.24) is 0 Å². The first-order valence-corrected chi connectivity index (χ1v) is 4.56. The van der Waals surface area contributed by atoms with E-state index in [1.807, 2.05) is 0 Å². The van der Waals surface area contributed by atoms with E-state index in [0.29, 0.717) is 24.7 Å². The highest BCUT2D eigenvalue weighted by molar-refractivity contribution is 5.65. The number of carbonyl (C=O) groups is 1. The fraction of sp³-hybridized carbons (Fsp3) is 0.889. The first-order chi connectivity index (χ1) is 5.77. The Morgan fingerprint density at radius 1 is 1.58 bits per heavy atom. The van der Waals surface area contributed by atoms with Crippen molar-refractivity contribution in [2.24, 2.45) is 5.92 Å². The molecule has 0 aromatic carbocycles. The predicted octanol–water partition coefficient (Wildman–Crippen LogP) is 1.12. The Morgan fingerprint density at radius 3 is 3.17 bits per heavy atom. The third-order valence-corrected chi connectivity index (χ3v) is 2.65. The molecule has 2 rings (SSSR count). The summed E-state index contributed by atoms with van der Waals surface area (Å²) in [5.41, 5.74) is 0. The van der Waals surface area contributed by atoms with Gasteiger partial charge in [0.2, 0.25) is 0 Å². The van der Waals surface area contributed by atoms with Crippen LogP contribution in [0.15, 0.2) is 0 Å². The molecular weight excluding hydrogens is 156 g/mol. The molecular formula is C9H14O3. The molecule has 3 nitrogen and oxygen atoms in total. The molecule has 68 valence electrons. The standard InChI is InChI=1S/C9H14O3/c1-6(10)11-5-7-3-2-4-8-9(7)12-8/h7-9H,2-5H2,1H3/t7?,8-,9-/m0/s1. The number of ether oxygens (including phenoxy) is 2. The van der Waals surface area contributed by atoms with Crippen LogP contribution < -0.4 is 0 Å². The van der Waals surface area contributed by atoms with E-state index in [2.05, 4.69) is 0 Å². The Morgan fingerprint density at radius 2 is 2.42 bits per heavy atom. The van der Waals surface area contributed by atoms with E-state index >= 15 is 0 Å². The number of esters is 1. The van der Waals surface area contributed by atoms with Gasteiger partial charge in [0.05, 0.1) is 18.8 Å². The number of fused-ring (bicyclic) bond motifs is 1. The molecule has 0 bridgehead atoms. The molecule has 1 heterocycles. The fourth-order valence-corrected chi connectivity index (χ4v) is 1.95. The van der Waals surface area contributed by atoms with Crippen LogP contribution >= 0.6 is 0 Å². The second-order valence-electron chi connectivity index (χ2n) is 3.63. The zero-order chi connectivity index (χ0) is 8.55. The molecule has 0 amide bonds. The molecule has 0 aromatic heterocycles. The van der Waals surface area contributed by atoms with E-state index in [4.69, 9.17) is 9.47 Å². The van der Waals surface area contributed by atoms with E-state index in [9.17, 15) is 4.79 Å². The summed E-state index contributed by atoms with van der Waals surface area (Å²) >= 11 is 0. The summed E-state index contributed by atoms with van der Waals surface area (Å²) in [5, 5.41) is 0. The molecule has 2 aliphatic rings. The zero-order valence-electron chi connectivity index (χ0n) is 7.29. The summed E-state index contributed by atoms with van der Waals surface area (Å²) in [6.45, 7) is 2.00. The highest BCUT2D eigenvalue weighted by Gasteiger charge is 2.47. The lowest BCUT2D eigenvalue weighted by atomic mass is 9.90. The van der Waals surface area contributed by atoms with Gasteiger partial charge in [-0.2, -0.15) is 0 Å². The highest BCUT2D eigenvalue weighted by atomic mass is 16.6. The number of rotatable bonds is 2. The second kappa shape index (κ2) is 3.05. The number of hydrogen-bond donors (Lipinski definition) is 0. The van der Waals surface area contributed by atoms with Gasteiger partial charge < -0.3 is 9.47 Å². The van der Waals surface area contributed by atoms with Gasteiger partial charge in [-0.1, -0.05) is 6.42 Å². The minimum absolute atomic E-state index is 0.183. The topological polar surface area (TPSA) is 38.8 Å². The summed E-state index contributed by atoms with van der Waals surface area (Å²) < 4.78 is 10.4. The maximum absolute atomic E-state index is 10.5. The fourth-order valence-electron chi connectivity index (χ4n) is 1.95. The summed E-state index contributed by atoms with van der Waals surface area (Å²) in [6, 6.07) is 0. The quantitative estimate of drug-likeness (QED) is 0.460. The van der Waals surface area contributed by atoms with Gasteiger partial charge in [0.1, 0.15) is 0 Å².